The van der Waals surface area contributed by atoms with Crippen molar-refractivity contribution in [2.75, 3.05) is 10.6 Å². The number of pyridine rings is 1. The third kappa shape index (κ3) is 4.68. The first kappa shape index (κ1) is 24.5. The van der Waals surface area contributed by atoms with Gasteiger partial charge in [-0.15, -0.1) is 0 Å². The summed E-state index contributed by atoms with van der Waals surface area (Å²) in [4.78, 5) is 41.1. The molecule has 4 heterocycles. The van der Waals surface area contributed by atoms with Crippen molar-refractivity contribution in [1.29, 1.82) is 0 Å². The Kier molecular flexibility index (Phi) is 5.61. The number of carbonyl (C=O) groups is 2. The summed E-state index contributed by atoms with van der Waals surface area (Å²) in [5, 5.41) is 0.519. The zero-order chi connectivity index (χ0) is 26.7. The molecule has 0 aromatic carbocycles. The lowest BCUT2D eigenvalue weighted by Crippen LogP contribution is -2.44. The van der Waals surface area contributed by atoms with Crippen molar-refractivity contribution in [1.82, 2.24) is 23.9 Å². The van der Waals surface area contributed by atoms with Crippen LogP contribution in [-0.4, -0.2) is 47.3 Å². The monoisotopic (exact) mass is 505 g/mol. The number of rotatable bonds is 3. The number of amides is 2. The van der Waals surface area contributed by atoms with Gasteiger partial charge in [0.25, 0.3) is 0 Å². The van der Waals surface area contributed by atoms with Gasteiger partial charge in [0.15, 0.2) is 11.5 Å². The van der Waals surface area contributed by atoms with E-state index in [1.54, 1.807) is 53.8 Å². The van der Waals surface area contributed by atoms with Gasteiger partial charge in [0, 0.05) is 30.2 Å². The number of anilines is 2. The van der Waals surface area contributed by atoms with Crippen LogP contribution in [0.15, 0.2) is 37.1 Å². The lowest BCUT2D eigenvalue weighted by atomic mass is 10.1. The summed E-state index contributed by atoms with van der Waals surface area (Å²) in [7, 11) is 0. The third-order valence-corrected chi connectivity index (χ3v) is 5.75. The molecule has 2 amide bonds. The Labute approximate surface area is 214 Å². The maximum atomic E-state index is 13.5. The van der Waals surface area contributed by atoms with Gasteiger partial charge in [-0.3, -0.25) is 4.40 Å². The molecule has 11 heteroatoms. The van der Waals surface area contributed by atoms with Crippen molar-refractivity contribution >= 4 is 40.4 Å². The van der Waals surface area contributed by atoms with Crippen LogP contribution in [0.2, 0.25) is 0 Å². The number of aromatic nitrogens is 5. The van der Waals surface area contributed by atoms with E-state index < -0.39 is 23.4 Å². The number of nitrogen functional groups attached to an aromatic ring is 1. The fourth-order valence-electron chi connectivity index (χ4n) is 4.18. The second kappa shape index (κ2) is 8.46. The van der Waals surface area contributed by atoms with Gasteiger partial charge >= 0.3 is 12.2 Å². The van der Waals surface area contributed by atoms with Crippen molar-refractivity contribution in [2.24, 2.45) is 0 Å². The van der Waals surface area contributed by atoms with Crippen molar-refractivity contribution in [2.45, 2.75) is 71.6 Å². The summed E-state index contributed by atoms with van der Waals surface area (Å²) in [6.07, 6.45) is 7.03. The highest BCUT2D eigenvalue weighted by Crippen LogP contribution is 2.43. The molecule has 0 saturated heterocycles. The average molecular weight is 506 g/mol. The van der Waals surface area contributed by atoms with Crippen molar-refractivity contribution in [3.05, 3.63) is 37.1 Å². The molecule has 1 fully saturated rings. The van der Waals surface area contributed by atoms with Crippen LogP contribution in [0.3, 0.4) is 0 Å². The van der Waals surface area contributed by atoms with Crippen LogP contribution >= 0.6 is 0 Å². The molecule has 0 spiro atoms. The number of imide groups is 1. The number of nitrogens with two attached hydrogens (primary N) is 1. The summed E-state index contributed by atoms with van der Waals surface area (Å²) in [6, 6.07) is 3.92. The van der Waals surface area contributed by atoms with Crippen molar-refractivity contribution in [3.63, 3.8) is 0 Å². The molecule has 1 aliphatic carbocycles. The number of ether oxygens (including phenoxy) is 2. The fourth-order valence-corrected chi connectivity index (χ4v) is 4.18. The van der Waals surface area contributed by atoms with E-state index in [4.69, 9.17) is 15.2 Å². The summed E-state index contributed by atoms with van der Waals surface area (Å²) in [5.74, 6) is 0.0768. The number of hydrogen-bond donors (Lipinski definition) is 1. The van der Waals surface area contributed by atoms with E-state index in [1.807, 2.05) is 22.9 Å². The summed E-state index contributed by atoms with van der Waals surface area (Å²) >= 11 is 0. The Hall–Kier alpha value is -4.15. The third-order valence-electron chi connectivity index (χ3n) is 5.75. The maximum absolute atomic E-state index is 13.5. The van der Waals surface area contributed by atoms with Crippen LogP contribution in [0.1, 0.15) is 60.4 Å². The minimum Gasteiger partial charge on any atom is -0.443 e. The number of nitrogens with zero attached hydrogens (tertiary/aromatic N) is 6. The standard InChI is InChI=1S/C26H31N7O4/c1-25(2,3)36-23(34)33(24(35)37-26(4,5)6)22-19-16(13-32(15-7-8-15)21(19)29-14-30-22)18-10-9-17(27)20-28-11-12-31(18)20/h9-15H,7-8,27H2,1-6H3. The number of imidazole rings is 1. The second-order valence-corrected chi connectivity index (χ2v) is 11.2. The molecule has 0 unspecified atom stereocenters. The van der Waals surface area contributed by atoms with Gasteiger partial charge < -0.3 is 19.8 Å². The van der Waals surface area contributed by atoms with Gasteiger partial charge in [-0.05, 0) is 66.5 Å². The van der Waals surface area contributed by atoms with Crippen LogP contribution < -0.4 is 10.6 Å². The Bertz CT molecular complexity index is 1490. The largest absolute Gasteiger partial charge is 0.443 e. The van der Waals surface area contributed by atoms with Gasteiger partial charge in [0.2, 0.25) is 0 Å². The molecule has 4 aromatic rings. The molecule has 1 saturated carbocycles. The van der Waals surface area contributed by atoms with Crippen LogP contribution in [0.5, 0.6) is 0 Å². The zero-order valence-electron chi connectivity index (χ0n) is 21.8. The lowest BCUT2D eigenvalue weighted by molar-refractivity contribution is 0.0429. The first-order valence-corrected chi connectivity index (χ1v) is 12.2. The Morgan fingerprint density at radius 3 is 2.22 bits per heavy atom. The van der Waals surface area contributed by atoms with Crippen LogP contribution in [-0.2, 0) is 9.47 Å². The SMILES string of the molecule is CC(C)(C)OC(=O)N(C(=O)OC(C)(C)C)c1ncnc2c1c(-c1ccc(N)c3nccn13)cn2C1CC1. The molecule has 0 aliphatic heterocycles. The first-order valence-electron chi connectivity index (χ1n) is 12.2. The van der Waals surface area contributed by atoms with Gasteiger partial charge in [-0.1, -0.05) is 0 Å². The number of carbonyl (C=O) groups excluding carboxylic acids is 2. The molecule has 0 radical (unpaired) electrons. The average Bonchev–Trinajstić information content (AvgIpc) is 3.34. The Balaban J connectivity index is 1.78. The van der Waals surface area contributed by atoms with E-state index >= 15 is 0 Å². The van der Waals surface area contributed by atoms with Crippen molar-refractivity contribution < 1.29 is 19.1 Å². The predicted molar refractivity (Wildman–Crippen MR) is 139 cm³/mol. The molecular weight excluding hydrogens is 474 g/mol. The maximum Gasteiger partial charge on any atom is 0.425 e. The molecule has 5 rings (SSSR count). The number of hydrogen-bond acceptors (Lipinski definition) is 8. The molecule has 37 heavy (non-hydrogen) atoms. The summed E-state index contributed by atoms with van der Waals surface area (Å²) in [6.45, 7) is 10.4. The van der Waals surface area contributed by atoms with Gasteiger partial charge in [-0.2, -0.15) is 4.90 Å². The van der Waals surface area contributed by atoms with Gasteiger partial charge in [0.1, 0.15) is 23.2 Å². The van der Waals surface area contributed by atoms with E-state index in [0.29, 0.717) is 22.4 Å². The fraction of sp³-hybridized carbons (Fsp3) is 0.423. The molecule has 0 atom stereocenters. The topological polar surface area (TPSA) is 130 Å². The Morgan fingerprint density at radius 2 is 1.62 bits per heavy atom. The number of fused-ring (bicyclic) bond motifs is 2. The first-order chi connectivity index (χ1) is 17.3. The van der Waals surface area contributed by atoms with E-state index in [9.17, 15) is 9.59 Å². The molecule has 0 bridgehead atoms. The van der Waals surface area contributed by atoms with Crippen LogP contribution in [0.25, 0.3) is 27.9 Å². The van der Waals surface area contributed by atoms with Crippen LogP contribution in [0, 0.1) is 0 Å². The molecular formula is C26H31N7O4. The van der Waals surface area contributed by atoms with Gasteiger partial charge in [0.05, 0.1) is 16.8 Å². The van der Waals surface area contributed by atoms with E-state index in [1.165, 1.54) is 6.33 Å². The summed E-state index contributed by atoms with van der Waals surface area (Å²) in [5.41, 5.74) is 7.65. The highest BCUT2D eigenvalue weighted by Gasteiger charge is 2.37. The highest BCUT2D eigenvalue weighted by atomic mass is 16.6. The zero-order valence-corrected chi connectivity index (χ0v) is 21.8. The molecule has 194 valence electrons. The van der Waals surface area contributed by atoms with Crippen LogP contribution in [0.4, 0.5) is 21.1 Å². The highest BCUT2D eigenvalue weighted by molar-refractivity contribution is 6.16. The molecule has 4 aromatic heterocycles. The van der Waals surface area contributed by atoms with Crippen molar-refractivity contribution in [3.8, 4) is 11.3 Å². The molecule has 11 nitrogen and oxygen atoms in total. The predicted octanol–water partition coefficient (Wildman–Crippen LogP) is 5.34. The molecule has 1 aliphatic rings. The van der Waals surface area contributed by atoms with Gasteiger partial charge in [-0.25, -0.2) is 24.5 Å². The quantitative estimate of drug-likeness (QED) is 0.395. The molecule has 2 N–H and O–H groups in total. The smallest absolute Gasteiger partial charge is 0.425 e. The minimum absolute atomic E-state index is 0.0768. The van der Waals surface area contributed by atoms with E-state index in [0.717, 1.165) is 29.0 Å². The lowest BCUT2D eigenvalue weighted by Gasteiger charge is -2.28. The van der Waals surface area contributed by atoms with E-state index in [2.05, 4.69) is 19.5 Å². The second-order valence-electron chi connectivity index (χ2n) is 11.2. The van der Waals surface area contributed by atoms with E-state index in [-0.39, 0.29) is 11.9 Å². The normalized spacial score (nSPS) is 14.2. The minimum atomic E-state index is -0.892. The summed E-state index contributed by atoms with van der Waals surface area (Å²) < 4.78 is 15.2. The Morgan fingerprint density at radius 1 is 0.973 bits per heavy atom.